The van der Waals surface area contributed by atoms with Gasteiger partial charge in [-0.25, -0.2) is 17.8 Å². The van der Waals surface area contributed by atoms with Crippen molar-refractivity contribution in [1.82, 2.24) is 15.0 Å². The van der Waals surface area contributed by atoms with Gasteiger partial charge in [0.2, 0.25) is 10.0 Å². The first-order chi connectivity index (χ1) is 11.4. The van der Waals surface area contributed by atoms with Crippen molar-refractivity contribution in [2.45, 2.75) is 38.1 Å². The maximum Gasteiger partial charge on any atom is 0.243 e. The summed E-state index contributed by atoms with van der Waals surface area (Å²) in [5.74, 6) is 0. The topological polar surface area (TPSA) is 85.1 Å². The molecule has 0 bridgehead atoms. The van der Waals surface area contributed by atoms with E-state index in [1.165, 1.54) is 6.07 Å². The second-order valence-corrected chi connectivity index (χ2v) is 7.51. The zero-order valence-corrected chi connectivity index (χ0v) is 14.6. The van der Waals surface area contributed by atoms with Crippen LogP contribution in [-0.2, 0) is 10.0 Å². The third kappa shape index (κ3) is 3.05. The third-order valence-electron chi connectivity index (χ3n) is 4.04. The monoisotopic (exact) mass is 345 g/mol. The molecule has 3 rings (SSSR count). The number of sulfonamides is 1. The van der Waals surface area contributed by atoms with Crippen molar-refractivity contribution in [2.75, 3.05) is 0 Å². The summed E-state index contributed by atoms with van der Waals surface area (Å²) in [5, 5.41) is 7.41. The average Bonchev–Trinajstić information content (AvgIpc) is 3.01. The normalized spacial score (nSPS) is 13.3. The quantitative estimate of drug-likeness (QED) is 0.767. The number of benzene rings is 2. The highest BCUT2D eigenvalue weighted by atomic mass is 32.2. The fourth-order valence-corrected chi connectivity index (χ4v) is 4.28. The first-order valence-electron chi connectivity index (χ1n) is 7.73. The molecule has 0 aliphatic heterocycles. The second-order valence-electron chi connectivity index (χ2n) is 5.83. The van der Waals surface area contributed by atoms with Crippen LogP contribution in [0.1, 0.15) is 36.1 Å². The number of aromatic nitrogens is 2. The molecule has 0 saturated carbocycles. The van der Waals surface area contributed by atoms with E-state index >= 15 is 0 Å². The number of hydrogen-bond donors (Lipinski definition) is 1. The highest BCUT2D eigenvalue weighted by molar-refractivity contribution is 7.89. The molecule has 0 aliphatic rings. The van der Waals surface area contributed by atoms with Gasteiger partial charge in [-0.2, -0.15) is 0 Å². The molecule has 0 saturated heterocycles. The summed E-state index contributed by atoms with van der Waals surface area (Å²) >= 11 is 0. The van der Waals surface area contributed by atoms with E-state index in [1.54, 1.807) is 12.1 Å². The molecule has 1 aromatic heterocycles. The summed E-state index contributed by atoms with van der Waals surface area (Å²) in [7, 11) is -3.76. The number of hydrogen-bond acceptors (Lipinski definition) is 5. The van der Waals surface area contributed by atoms with Crippen molar-refractivity contribution >= 4 is 21.1 Å². The van der Waals surface area contributed by atoms with Crippen LogP contribution < -0.4 is 4.72 Å². The van der Waals surface area contributed by atoms with Crippen molar-refractivity contribution < 1.29 is 13.0 Å². The molecule has 6 nitrogen and oxygen atoms in total. The van der Waals surface area contributed by atoms with Crippen LogP contribution in [0.15, 0.2) is 45.9 Å². The second kappa shape index (κ2) is 6.33. The van der Waals surface area contributed by atoms with Gasteiger partial charge in [0.25, 0.3) is 0 Å². The van der Waals surface area contributed by atoms with Gasteiger partial charge in [0, 0.05) is 6.04 Å². The Balaban J connectivity index is 1.99. The van der Waals surface area contributed by atoms with Crippen molar-refractivity contribution in [1.29, 1.82) is 0 Å². The number of fused-ring (bicyclic) bond motifs is 1. The third-order valence-corrected chi connectivity index (χ3v) is 5.55. The fraction of sp³-hybridized carbons (Fsp3) is 0.294. The molecule has 24 heavy (non-hydrogen) atoms. The Kier molecular flexibility index (Phi) is 4.38. The molecule has 1 heterocycles. The standard InChI is InChI=1S/C17H19N3O3S/c1-4-14(13-9-8-11(2)10-12(13)3)20-24(21,22)16-7-5-6-15-17(16)19-23-18-15/h5-10,14,20H,4H2,1-3H3. The summed E-state index contributed by atoms with van der Waals surface area (Å²) in [6, 6.07) is 10.5. The van der Waals surface area contributed by atoms with Crippen LogP contribution >= 0.6 is 0 Å². The molecule has 0 amide bonds. The van der Waals surface area contributed by atoms with Crippen LogP contribution in [-0.4, -0.2) is 18.7 Å². The molecule has 0 spiro atoms. The number of nitrogens with one attached hydrogen (secondary N) is 1. The van der Waals surface area contributed by atoms with E-state index in [2.05, 4.69) is 25.7 Å². The van der Waals surface area contributed by atoms with Crippen LogP contribution in [0.3, 0.4) is 0 Å². The van der Waals surface area contributed by atoms with Crippen LogP contribution in [0.25, 0.3) is 11.0 Å². The van der Waals surface area contributed by atoms with Crippen molar-refractivity contribution in [3.63, 3.8) is 0 Å². The van der Waals surface area contributed by atoms with Crippen molar-refractivity contribution in [2.24, 2.45) is 0 Å². The molecule has 0 radical (unpaired) electrons. The maximum absolute atomic E-state index is 12.8. The molecule has 126 valence electrons. The molecular weight excluding hydrogens is 326 g/mol. The first-order valence-corrected chi connectivity index (χ1v) is 9.21. The van der Waals surface area contributed by atoms with Crippen LogP contribution in [0.2, 0.25) is 0 Å². The number of nitrogens with zero attached hydrogens (tertiary/aromatic N) is 2. The Morgan fingerprint density at radius 2 is 1.96 bits per heavy atom. The Hall–Kier alpha value is -2.25. The average molecular weight is 345 g/mol. The Morgan fingerprint density at radius 1 is 1.17 bits per heavy atom. The van der Waals surface area contributed by atoms with Crippen molar-refractivity contribution in [3.8, 4) is 0 Å². The number of aryl methyl sites for hydroxylation is 2. The smallest absolute Gasteiger partial charge is 0.243 e. The molecule has 1 N–H and O–H groups in total. The fourth-order valence-electron chi connectivity index (χ4n) is 2.83. The minimum absolute atomic E-state index is 0.0736. The lowest BCUT2D eigenvalue weighted by molar-refractivity contribution is 0.315. The van der Waals surface area contributed by atoms with Gasteiger partial charge in [0.05, 0.1) is 0 Å². The minimum atomic E-state index is -3.76. The highest BCUT2D eigenvalue weighted by Gasteiger charge is 2.24. The molecule has 3 aromatic rings. The Bertz CT molecular complexity index is 980. The molecule has 1 atom stereocenters. The summed E-state index contributed by atoms with van der Waals surface area (Å²) in [5.41, 5.74) is 3.83. The predicted octanol–water partition coefficient (Wildman–Crippen LogP) is 3.27. The van der Waals surface area contributed by atoms with Gasteiger partial charge in [0.1, 0.15) is 10.4 Å². The summed E-state index contributed by atoms with van der Waals surface area (Å²) < 4.78 is 33.1. The van der Waals surface area contributed by atoms with E-state index in [9.17, 15) is 8.42 Å². The van der Waals surface area contributed by atoms with Crippen LogP contribution in [0, 0.1) is 13.8 Å². The first kappa shape index (κ1) is 16.6. The van der Waals surface area contributed by atoms with Gasteiger partial charge in [-0.3, -0.25) is 0 Å². The van der Waals surface area contributed by atoms with E-state index in [-0.39, 0.29) is 16.5 Å². The van der Waals surface area contributed by atoms with E-state index in [0.717, 1.165) is 16.7 Å². The lowest BCUT2D eigenvalue weighted by atomic mass is 9.98. The van der Waals surface area contributed by atoms with Crippen LogP contribution in [0.4, 0.5) is 0 Å². The van der Waals surface area contributed by atoms with E-state index in [4.69, 9.17) is 0 Å². The lowest BCUT2D eigenvalue weighted by Gasteiger charge is -2.20. The zero-order valence-electron chi connectivity index (χ0n) is 13.8. The molecule has 0 fully saturated rings. The maximum atomic E-state index is 12.8. The lowest BCUT2D eigenvalue weighted by Crippen LogP contribution is -2.29. The molecule has 7 heteroatoms. The summed E-state index contributed by atoms with van der Waals surface area (Å²) in [4.78, 5) is 0.0736. The van der Waals surface area contributed by atoms with E-state index in [1.807, 2.05) is 32.9 Å². The minimum Gasteiger partial charge on any atom is -0.243 e. The molecule has 2 aromatic carbocycles. The van der Waals surface area contributed by atoms with Gasteiger partial charge in [-0.05, 0) is 53.8 Å². The largest absolute Gasteiger partial charge is 0.243 e. The zero-order chi connectivity index (χ0) is 17.3. The molecular formula is C17H19N3O3S. The highest BCUT2D eigenvalue weighted by Crippen LogP contribution is 2.26. The van der Waals surface area contributed by atoms with Gasteiger partial charge < -0.3 is 0 Å². The van der Waals surface area contributed by atoms with E-state index in [0.29, 0.717) is 11.9 Å². The summed E-state index contributed by atoms with van der Waals surface area (Å²) in [6.07, 6.45) is 0.635. The van der Waals surface area contributed by atoms with Gasteiger partial charge >= 0.3 is 0 Å². The predicted molar refractivity (Wildman–Crippen MR) is 91.1 cm³/mol. The Labute approximate surface area is 140 Å². The summed E-state index contributed by atoms with van der Waals surface area (Å²) in [6.45, 7) is 5.95. The van der Waals surface area contributed by atoms with Gasteiger partial charge in [0.15, 0.2) is 5.52 Å². The SMILES string of the molecule is CCC(NS(=O)(=O)c1cccc2nonc12)c1ccc(C)cc1C. The van der Waals surface area contributed by atoms with E-state index < -0.39 is 10.0 Å². The van der Waals surface area contributed by atoms with Gasteiger partial charge in [-0.1, -0.05) is 36.8 Å². The molecule has 0 aliphatic carbocycles. The van der Waals surface area contributed by atoms with Crippen molar-refractivity contribution in [3.05, 3.63) is 53.1 Å². The molecule has 1 unspecified atom stereocenters. The Morgan fingerprint density at radius 3 is 2.67 bits per heavy atom. The van der Waals surface area contributed by atoms with Gasteiger partial charge in [-0.15, -0.1) is 0 Å². The van der Waals surface area contributed by atoms with Crippen LogP contribution in [0.5, 0.6) is 0 Å². The number of rotatable bonds is 5.